The Labute approximate surface area is 87.5 Å². The molecule has 0 heterocycles. The fourth-order valence-electron chi connectivity index (χ4n) is 1.34. The first-order chi connectivity index (χ1) is 6.35. The molecule has 1 rings (SSSR count). The highest BCUT2D eigenvalue weighted by atomic mass is 32.2. The zero-order chi connectivity index (χ0) is 10.9. The zero-order valence-electron chi connectivity index (χ0n) is 9.53. The molecule has 0 aromatic rings. The first-order valence-electron chi connectivity index (χ1n) is 5.31. The summed E-state index contributed by atoms with van der Waals surface area (Å²) in [6.45, 7) is 7.00. The van der Waals surface area contributed by atoms with Gasteiger partial charge in [0.15, 0.2) is 0 Å². The van der Waals surface area contributed by atoms with Crippen molar-refractivity contribution < 1.29 is 8.42 Å². The minimum absolute atomic E-state index is 0.0770. The van der Waals surface area contributed by atoms with E-state index < -0.39 is 10.0 Å². The molecule has 0 aromatic heterocycles. The quantitative estimate of drug-likeness (QED) is 0.706. The fourth-order valence-corrected chi connectivity index (χ4v) is 3.02. The van der Waals surface area contributed by atoms with Gasteiger partial charge in [0.2, 0.25) is 10.0 Å². The largest absolute Gasteiger partial charge is 0.216 e. The molecule has 14 heavy (non-hydrogen) atoms. The number of nitrogens with zero attached hydrogens (tertiary/aromatic N) is 1. The topological polar surface area (TPSA) is 37.4 Å². The summed E-state index contributed by atoms with van der Waals surface area (Å²) in [5.41, 5.74) is 0. The van der Waals surface area contributed by atoms with Gasteiger partial charge in [-0.2, -0.15) is 0 Å². The molecule has 1 saturated carbocycles. The van der Waals surface area contributed by atoms with Crippen LogP contribution in [0.1, 0.15) is 33.6 Å². The third-order valence-corrected chi connectivity index (χ3v) is 5.40. The average Bonchev–Trinajstić information content (AvgIpc) is 2.85. The second-order valence-corrected chi connectivity index (χ2v) is 7.07. The van der Waals surface area contributed by atoms with Gasteiger partial charge in [-0.05, 0) is 24.7 Å². The highest BCUT2D eigenvalue weighted by Gasteiger charge is 2.38. The molecule has 0 spiro atoms. The van der Waals surface area contributed by atoms with E-state index in [1.54, 1.807) is 7.05 Å². The van der Waals surface area contributed by atoms with E-state index in [2.05, 4.69) is 20.8 Å². The van der Waals surface area contributed by atoms with Crippen LogP contribution in [0, 0.1) is 11.8 Å². The summed E-state index contributed by atoms with van der Waals surface area (Å²) in [6, 6.07) is 0. The molecule has 0 amide bonds. The van der Waals surface area contributed by atoms with Crippen LogP contribution in [0.3, 0.4) is 0 Å². The number of rotatable bonds is 5. The Balaban J connectivity index is 2.53. The zero-order valence-corrected chi connectivity index (χ0v) is 10.3. The van der Waals surface area contributed by atoms with E-state index in [0.717, 1.165) is 12.8 Å². The van der Waals surface area contributed by atoms with Gasteiger partial charge in [-0.25, -0.2) is 12.7 Å². The molecule has 1 atom stereocenters. The van der Waals surface area contributed by atoms with Gasteiger partial charge in [0.25, 0.3) is 0 Å². The van der Waals surface area contributed by atoms with E-state index in [9.17, 15) is 8.42 Å². The maximum atomic E-state index is 11.8. The summed E-state index contributed by atoms with van der Waals surface area (Å²) in [5, 5.41) is -0.0770. The second kappa shape index (κ2) is 4.19. The van der Waals surface area contributed by atoms with Crippen LogP contribution in [0.15, 0.2) is 0 Å². The second-order valence-electron chi connectivity index (χ2n) is 4.75. The molecule has 0 aliphatic heterocycles. The summed E-state index contributed by atoms with van der Waals surface area (Å²) in [6.07, 6.45) is 1.70. The molecule has 0 N–H and O–H groups in total. The Bertz CT molecular complexity index is 280. The SMILES string of the molecule is CC(C)[C@H](C)CN(C)S(=O)(=O)C1CC1. The Kier molecular flexibility index (Phi) is 3.58. The lowest BCUT2D eigenvalue weighted by molar-refractivity contribution is 0.332. The van der Waals surface area contributed by atoms with Crippen molar-refractivity contribution in [3.05, 3.63) is 0 Å². The van der Waals surface area contributed by atoms with E-state index in [1.807, 2.05) is 0 Å². The lowest BCUT2D eigenvalue weighted by atomic mass is 9.98. The Morgan fingerprint density at radius 1 is 1.29 bits per heavy atom. The molecule has 0 bridgehead atoms. The average molecular weight is 219 g/mol. The van der Waals surface area contributed by atoms with Crippen LogP contribution in [0.25, 0.3) is 0 Å². The summed E-state index contributed by atoms with van der Waals surface area (Å²) in [7, 11) is -1.26. The lowest BCUT2D eigenvalue weighted by Crippen LogP contribution is -2.34. The van der Waals surface area contributed by atoms with Crippen LogP contribution in [0.5, 0.6) is 0 Å². The van der Waals surface area contributed by atoms with Crippen LogP contribution in [-0.4, -0.2) is 31.6 Å². The molecule has 1 aliphatic carbocycles. The van der Waals surface area contributed by atoms with Crippen molar-refractivity contribution in [3.63, 3.8) is 0 Å². The van der Waals surface area contributed by atoms with Gasteiger partial charge in [-0.15, -0.1) is 0 Å². The summed E-state index contributed by atoms with van der Waals surface area (Å²) in [5.74, 6) is 0.959. The van der Waals surface area contributed by atoms with E-state index in [4.69, 9.17) is 0 Å². The minimum atomic E-state index is -2.96. The fraction of sp³-hybridized carbons (Fsp3) is 1.00. The van der Waals surface area contributed by atoms with Gasteiger partial charge < -0.3 is 0 Å². The molecule has 3 nitrogen and oxygen atoms in total. The first-order valence-corrected chi connectivity index (χ1v) is 6.81. The predicted octanol–water partition coefficient (Wildman–Crippen LogP) is 1.70. The molecule has 1 fully saturated rings. The van der Waals surface area contributed by atoms with Gasteiger partial charge in [-0.1, -0.05) is 20.8 Å². The van der Waals surface area contributed by atoms with Gasteiger partial charge in [0.05, 0.1) is 5.25 Å². The number of sulfonamides is 1. The van der Waals surface area contributed by atoms with Crippen LogP contribution in [0.2, 0.25) is 0 Å². The maximum absolute atomic E-state index is 11.8. The predicted molar refractivity (Wildman–Crippen MR) is 58.6 cm³/mol. The summed E-state index contributed by atoms with van der Waals surface area (Å²) < 4.78 is 25.1. The van der Waals surface area contributed by atoms with Crippen LogP contribution < -0.4 is 0 Å². The van der Waals surface area contributed by atoms with E-state index >= 15 is 0 Å². The summed E-state index contributed by atoms with van der Waals surface area (Å²) in [4.78, 5) is 0. The van der Waals surface area contributed by atoms with Crippen molar-refractivity contribution >= 4 is 10.0 Å². The summed E-state index contributed by atoms with van der Waals surface area (Å²) >= 11 is 0. The standard InChI is InChI=1S/C10H21NO2S/c1-8(2)9(3)7-11(4)14(12,13)10-5-6-10/h8-10H,5-7H2,1-4H3/t9-/m1/s1. The molecular weight excluding hydrogens is 198 g/mol. The van der Waals surface area contributed by atoms with Crippen molar-refractivity contribution in [3.8, 4) is 0 Å². The van der Waals surface area contributed by atoms with E-state index in [0.29, 0.717) is 18.4 Å². The van der Waals surface area contributed by atoms with Crippen LogP contribution in [-0.2, 0) is 10.0 Å². The Morgan fingerprint density at radius 3 is 2.14 bits per heavy atom. The van der Waals surface area contributed by atoms with Crippen molar-refractivity contribution in [1.82, 2.24) is 4.31 Å². The molecule has 84 valence electrons. The van der Waals surface area contributed by atoms with E-state index in [-0.39, 0.29) is 5.25 Å². The van der Waals surface area contributed by atoms with E-state index in [1.165, 1.54) is 4.31 Å². The lowest BCUT2D eigenvalue weighted by Gasteiger charge is -2.23. The minimum Gasteiger partial charge on any atom is -0.212 e. The highest BCUT2D eigenvalue weighted by molar-refractivity contribution is 7.90. The molecular formula is C10H21NO2S. The monoisotopic (exact) mass is 219 g/mol. The molecule has 1 aliphatic rings. The normalized spacial score (nSPS) is 20.4. The van der Waals surface area contributed by atoms with Gasteiger partial charge in [0, 0.05) is 13.6 Å². The molecule has 0 unspecified atom stereocenters. The third-order valence-electron chi connectivity index (χ3n) is 3.06. The number of hydrogen-bond acceptors (Lipinski definition) is 2. The molecule has 4 heteroatoms. The third kappa shape index (κ3) is 2.70. The van der Waals surface area contributed by atoms with Crippen molar-refractivity contribution in [2.45, 2.75) is 38.9 Å². The Hall–Kier alpha value is -0.0900. The number of hydrogen-bond donors (Lipinski definition) is 0. The van der Waals surface area contributed by atoms with Crippen molar-refractivity contribution in [2.24, 2.45) is 11.8 Å². The first kappa shape index (κ1) is 12.0. The van der Waals surface area contributed by atoms with Gasteiger partial charge in [0.1, 0.15) is 0 Å². The molecule has 0 saturated heterocycles. The van der Waals surface area contributed by atoms with Crippen LogP contribution >= 0.6 is 0 Å². The Morgan fingerprint density at radius 2 is 1.79 bits per heavy atom. The molecule has 0 radical (unpaired) electrons. The maximum Gasteiger partial charge on any atom is 0.216 e. The van der Waals surface area contributed by atoms with Crippen molar-refractivity contribution in [2.75, 3.05) is 13.6 Å². The van der Waals surface area contributed by atoms with Crippen molar-refractivity contribution in [1.29, 1.82) is 0 Å². The highest BCUT2D eigenvalue weighted by Crippen LogP contribution is 2.30. The van der Waals surface area contributed by atoms with Crippen LogP contribution in [0.4, 0.5) is 0 Å². The van der Waals surface area contributed by atoms with Gasteiger partial charge in [-0.3, -0.25) is 0 Å². The smallest absolute Gasteiger partial charge is 0.212 e. The molecule has 0 aromatic carbocycles. The van der Waals surface area contributed by atoms with Gasteiger partial charge >= 0.3 is 0 Å².